The maximum Gasteiger partial charge on any atom is 0.231 e. The Morgan fingerprint density at radius 2 is 1.64 bits per heavy atom. The lowest BCUT2D eigenvalue weighted by Crippen LogP contribution is -2.54. The molecular weight excluding hydrogens is 355 g/mol. The third-order valence-electron chi connectivity index (χ3n) is 7.13. The minimum Gasteiger partial charge on any atom is -0.381 e. The Bertz CT molecular complexity index is 643. The van der Waals surface area contributed by atoms with E-state index in [-0.39, 0.29) is 17.8 Å². The second kappa shape index (κ2) is 8.91. The molecule has 3 aliphatic rings. The van der Waals surface area contributed by atoms with Crippen molar-refractivity contribution in [2.24, 2.45) is 0 Å². The van der Waals surface area contributed by atoms with E-state index in [1.807, 2.05) is 0 Å². The minimum absolute atomic E-state index is 0.0959. The van der Waals surface area contributed by atoms with Crippen molar-refractivity contribution in [3.8, 4) is 0 Å². The maximum atomic E-state index is 13.4. The first-order valence-corrected chi connectivity index (χ1v) is 11.1. The number of hydrogen-bond donors (Lipinski definition) is 1. The van der Waals surface area contributed by atoms with Crippen LogP contribution in [-0.4, -0.2) is 49.2 Å². The fourth-order valence-electron chi connectivity index (χ4n) is 5.31. The van der Waals surface area contributed by atoms with Crippen molar-refractivity contribution in [3.05, 3.63) is 35.6 Å². The number of ether oxygens (including phenoxy) is 1. The average molecular weight is 389 g/mol. The third-order valence-corrected chi connectivity index (χ3v) is 7.13. The SMILES string of the molecule is O=C(NC1CCN(C2CCCCC2)CC1)C1(c2ccc(F)cc2)CCOCC1. The topological polar surface area (TPSA) is 41.6 Å². The van der Waals surface area contributed by atoms with E-state index >= 15 is 0 Å². The van der Waals surface area contributed by atoms with Crippen molar-refractivity contribution in [2.45, 2.75) is 75.3 Å². The van der Waals surface area contributed by atoms with Gasteiger partial charge in [0.1, 0.15) is 5.82 Å². The number of hydrogen-bond acceptors (Lipinski definition) is 3. The van der Waals surface area contributed by atoms with Crippen molar-refractivity contribution >= 4 is 5.91 Å². The average Bonchev–Trinajstić information content (AvgIpc) is 2.76. The molecule has 0 unspecified atom stereocenters. The van der Waals surface area contributed by atoms with Gasteiger partial charge in [0, 0.05) is 38.4 Å². The molecule has 4 rings (SSSR count). The lowest BCUT2D eigenvalue weighted by Gasteiger charge is -2.41. The zero-order valence-corrected chi connectivity index (χ0v) is 16.8. The summed E-state index contributed by atoms with van der Waals surface area (Å²) < 4.78 is 18.9. The van der Waals surface area contributed by atoms with Crippen molar-refractivity contribution in [1.29, 1.82) is 0 Å². The molecule has 2 aliphatic heterocycles. The molecule has 0 spiro atoms. The standard InChI is InChI=1S/C23H33FN2O2/c24-19-8-6-18(7-9-19)23(12-16-28-17-13-23)22(27)25-20-10-14-26(15-11-20)21-4-2-1-3-5-21/h6-9,20-21H,1-5,10-17H2,(H,25,27). The summed E-state index contributed by atoms with van der Waals surface area (Å²) >= 11 is 0. The Kier molecular flexibility index (Phi) is 6.32. The number of benzene rings is 1. The molecular formula is C23H33FN2O2. The predicted molar refractivity (Wildman–Crippen MR) is 108 cm³/mol. The van der Waals surface area contributed by atoms with Gasteiger partial charge in [0.2, 0.25) is 5.91 Å². The van der Waals surface area contributed by atoms with Crippen molar-refractivity contribution in [3.63, 3.8) is 0 Å². The first-order valence-electron chi connectivity index (χ1n) is 11.1. The smallest absolute Gasteiger partial charge is 0.231 e. The number of amides is 1. The zero-order valence-electron chi connectivity index (χ0n) is 16.8. The molecule has 5 heteroatoms. The highest BCUT2D eigenvalue weighted by Crippen LogP contribution is 2.36. The largest absolute Gasteiger partial charge is 0.381 e. The van der Waals surface area contributed by atoms with Gasteiger partial charge in [-0.05, 0) is 56.2 Å². The molecule has 1 aliphatic carbocycles. The van der Waals surface area contributed by atoms with Crippen LogP contribution in [-0.2, 0) is 14.9 Å². The number of nitrogens with zero attached hydrogens (tertiary/aromatic N) is 1. The molecule has 2 saturated heterocycles. The second-order valence-electron chi connectivity index (χ2n) is 8.78. The number of rotatable bonds is 4. The Hall–Kier alpha value is -1.46. The van der Waals surface area contributed by atoms with Gasteiger partial charge < -0.3 is 15.0 Å². The summed E-state index contributed by atoms with van der Waals surface area (Å²) in [5, 5.41) is 3.35. The first-order chi connectivity index (χ1) is 13.7. The van der Waals surface area contributed by atoms with E-state index < -0.39 is 5.41 Å². The summed E-state index contributed by atoms with van der Waals surface area (Å²) in [7, 11) is 0. The highest BCUT2D eigenvalue weighted by molar-refractivity contribution is 5.88. The van der Waals surface area contributed by atoms with E-state index in [0.29, 0.717) is 26.1 Å². The number of halogens is 1. The van der Waals surface area contributed by atoms with Gasteiger partial charge in [-0.3, -0.25) is 4.79 Å². The van der Waals surface area contributed by atoms with Gasteiger partial charge >= 0.3 is 0 Å². The number of likely N-dealkylation sites (tertiary alicyclic amines) is 1. The van der Waals surface area contributed by atoms with Gasteiger partial charge in [0.25, 0.3) is 0 Å². The lowest BCUT2D eigenvalue weighted by atomic mass is 9.73. The molecule has 1 amide bonds. The van der Waals surface area contributed by atoms with Crippen LogP contribution in [0.1, 0.15) is 63.4 Å². The molecule has 4 nitrogen and oxygen atoms in total. The summed E-state index contributed by atoms with van der Waals surface area (Å²) in [5.41, 5.74) is 0.321. The van der Waals surface area contributed by atoms with Crippen LogP contribution in [0.4, 0.5) is 4.39 Å². The number of carbonyl (C=O) groups excluding carboxylic acids is 1. The summed E-state index contributed by atoms with van der Waals surface area (Å²) in [6, 6.07) is 7.46. The Morgan fingerprint density at radius 1 is 1.00 bits per heavy atom. The van der Waals surface area contributed by atoms with Crippen LogP contribution in [0, 0.1) is 5.82 Å². The Morgan fingerprint density at radius 3 is 2.29 bits per heavy atom. The predicted octanol–water partition coefficient (Wildman–Crippen LogP) is 3.79. The molecule has 0 aromatic heterocycles. The molecule has 1 N–H and O–H groups in total. The fraction of sp³-hybridized carbons (Fsp3) is 0.696. The van der Waals surface area contributed by atoms with E-state index in [0.717, 1.165) is 37.5 Å². The summed E-state index contributed by atoms with van der Waals surface area (Å²) in [4.78, 5) is 16.0. The van der Waals surface area contributed by atoms with Crippen LogP contribution < -0.4 is 5.32 Å². The normalized spacial score (nSPS) is 24.8. The van der Waals surface area contributed by atoms with Gasteiger partial charge in [-0.25, -0.2) is 4.39 Å². The lowest BCUT2D eigenvalue weighted by molar-refractivity contribution is -0.131. The molecule has 28 heavy (non-hydrogen) atoms. The molecule has 1 aromatic carbocycles. The third kappa shape index (κ3) is 4.25. The van der Waals surface area contributed by atoms with Crippen LogP contribution in [0.2, 0.25) is 0 Å². The van der Waals surface area contributed by atoms with Crippen molar-refractivity contribution < 1.29 is 13.9 Å². The van der Waals surface area contributed by atoms with Crippen LogP contribution in [0.25, 0.3) is 0 Å². The zero-order chi connectivity index (χ0) is 19.4. The summed E-state index contributed by atoms with van der Waals surface area (Å²) in [5.74, 6) is -0.167. The number of piperidine rings is 1. The summed E-state index contributed by atoms with van der Waals surface area (Å²) in [6.45, 7) is 3.32. The molecule has 0 radical (unpaired) electrons. The van der Waals surface area contributed by atoms with Crippen molar-refractivity contribution in [2.75, 3.05) is 26.3 Å². The Labute approximate surface area is 167 Å². The Balaban J connectivity index is 1.39. The van der Waals surface area contributed by atoms with E-state index in [9.17, 15) is 9.18 Å². The van der Waals surface area contributed by atoms with E-state index in [1.54, 1.807) is 12.1 Å². The van der Waals surface area contributed by atoms with Crippen LogP contribution in [0.15, 0.2) is 24.3 Å². The fourth-order valence-corrected chi connectivity index (χ4v) is 5.31. The van der Waals surface area contributed by atoms with Crippen LogP contribution in [0.5, 0.6) is 0 Å². The van der Waals surface area contributed by atoms with Crippen molar-refractivity contribution in [1.82, 2.24) is 10.2 Å². The van der Waals surface area contributed by atoms with Gasteiger partial charge in [0.15, 0.2) is 0 Å². The van der Waals surface area contributed by atoms with E-state index in [1.165, 1.54) is 44.2 Å². The molecule has 0 bridgehead atoms. The number of carbonyl (C=O) groups is 1. The van der Waals surface area contributed by atoms with E-state index in [2.05, 4.69) is 10.2 Å². The van der Waals surface area contributed by atoms with Gasteiger partial charge in [-0.15, -0.1) is 0 Å². The molecule has 154 valence electrons. The molecule has 2 heterocycles. The number of nitrogens with one attached hydrogen (secondary N) is 1. The summed E-state index contributed by atoms with van der Waals surface area (Å²) in [6.07, 6.45) is 10.2. The quantitative estimate of drug-likeness (QED) is 0.853. The molecule has 3 fully saturated rings. The van der Waals surface area contributed by atoms with Gasteiger partial charge in [-0.1, -0.05) is 31.4 Å². The van der Waals surface area contributed by atoms with Gasteiger partial charge in [0.05, 0.1) is 5.41 Å². The van der Waals surface area contributed by atoms with Crippen LogP contribution in [0.3, 0.4) is 0 Å². The van der Waals surface area contributed by atoms with Gasteiger partial charge in [-0.2, -0.15) is 0 Å². The molecule has 0 atom stereocenters. The second-order valence-corrected chi connectivity index (χ2v) is 8.78. The molecule has 1 aromatic rings. The first kappa shape index (κ1) is 19.8. The van der Waals surface area contributed by atoms with E-state index in [4.69, 9.17) is 4.74 Å². The highest BCUT2D eigenvalue weighted by atomic mass is 19.1. The monoisotopic (exact) mass is 388 g/mol. The highest BCUT2D eigenvalue weighted by Gasteiger charge is 2.42. The minimum atomic E-state index is -0.591. The maximum absolute atomic E-state index is 13.4. The van der Waals surface area contributed by atoms with Crippen LogP contribution >= 0.6 is 0 Å². The molecule has 1 saturated carbocycles.